The molecule has 1 atom stereocenters. The fourth-order valence-electron chi connectivity index (χ4n) is 4.57. The number of fused-ring (bicyclic) bond motifs is 1. The molecular formula is C23H23N3O. The summed E-state index contributed by atoms with van der Waals surface area (Å²) in [5.74, 6) is 0.345. The Morgan fingerprint density at radius 1 is 1.00 bits per heavy atom. The topological polar surface area (TPSA) is 45.2 Å². The fraction of sp³-hybridized carbons (Fsp3) is 0.304. The molecule has 5 rings (SSSR count). The molecule has 1 N–H and O–H groups in total. The molecule has 27 heavy (non-hydrogen) atoms. The average molecular weight is 357 g/mol. The molecule has 4 heteroatoms. The number of amides is 1. The van der Waals surface area contributed by atoms with Gasteiger partial charge in [0, 0.05) is 42.0 Å². The summed E-state index contributed by atoms with van der Waals surface area (Å²) in [4.78, 5) is 19.6. The molecule has 4 nitrogen and oxygen atoms in total. The molecule has 1 spiro atoms. The Hall–Kier alpha value is -2.88. The minimum absolute atomic E-state index is 0.161. The molecular weight excluding hydrogens is 334 g/mol. The molecule has 136 valence electrons. The van der Waals surface area contributed by atoms with Crippen LogP contribution in [0.5, 0.6) is 0 Å². The normalized spacial score (nSPS) is 20.6. The SMILES string of the molecule is O=C(Nc1ccccc1)[C@H]1CC12CCN(c1ccnc3ccccc13)CC2. The second-order valence-electron chi connectivity index (χ2n) is 7.81. The molecule has 1 aromatic heterocycles. The first-order valence-corrected chi connectivity index (χ1v) is 9.70. The monoisotopic (exact) mass is 357 g/mol. The second kappa shape index (κ2) is 6.38. The van der Waals surface area contributed by atoms with E-state index in [2.05, 4.69) is 39.5 Å². The van der Waals surface area contributed by atoms with Crippen LogP contribution in [0.15, 0.2) is 66.9 Å². The highest BCUT2D eigenvalue weighted by Gasteiger charge is 2.58. The third-order valence-corrected chi connectivity index (χ3v) is 6.27. The highest BCUT2D eigenvalue weighted by molar-refractivity contribution is 5.95. The molecule has 1 aliphatic heterocycles. The van der Waals surface area contributed by atoms with Crippen LogP contribution in [-0.4, -0.2) is 24.0 Å². The molecule has 1 saturated heterocycles. The average Bonchev–Trinajstić information content (AvgIpc) is 3.42. The molecule has 0 radical (unpaired) electrons. The van der Waals surface area contributed by atoms with Crippen LogP contribution in [0.2, 0.25) is 0 Å². The summed E-state index contributed by atoms with van der Waals surface area (Å²) in [6.45, 7) is 2.01. The van der Waals surface area contributed by atoms with Gasteiger partial charge in [0.2, 0.25) is 5.91 Å². The summed E-state index contributed by atoms with van der Waals surface area (Å²) < 4.78 is 0. The Morgan fingerprint density at radius 2 is 1.74 bits per heavy atom. The Kier molecular flexibility index (Phi) is 3.85. The Morgan fingerprint density at radius 3 is 2.56 bits per heavy atom. The lowest BCUT2D eigenvalue weighted by molar-refractivity contribution is -0.118. The molecule has 2 fully saturated rings. The van der Waals surface area contributed by atoms with E-state index in [1.54, 1.807) is 0 Å². The number of carbonyl (C=O) groups excluding carboxylic acids is 1. The van der Waals surface area contributed by atoms with Crippen molar-refractivity contribution in [2.45, 2.75) is 19.3 Å². The van der Waals surface area contributed by atoms with Gasteiger partial charge in [-0.3, -0.25) is 9.78 Å². The Labute approximate surface area is 159 Å². The van der Waals surface area contributed by atoms with Gasteiger partial charge in [0.15, 0.2) is 0 Å². The summed E-state index contributed by atoms with van der Waals surface area (Å²) in [6.07, 6.45) is 5.08. The van der Waals surface area contributed by atoms with E-state index in [4.69, 9.17) is 0 Å². The maximum Gasteiger partial charge on any atom is 0.228 e. The van der Waals surface area contributed by atoms with Gasteiger partial charge in [0.1, 0.15) is 0 Å². The van der Waals surface area contributed by atoms with Crippen molar-refractivity contribution < 1.29 is 4.79 Å². The molecule has 1 saturated carbocycles. The minimum Gasteiger partial charge on any atom is -0.371 e. The number of benzene rings is 2. The molecule has 3 aromatic rings. The number of hydrogen-bond donors (Lipinski definition) is 1. The lowest BCUT2D eigenvalue weighted by Gasteiger charge is -2.35. The van der Waals surface area contributed by atoms with Gasteiger partial charge in [-0.2, -0.15) is 0 Å². The quantitative estimate of drug-likeness (QED) is 0.752. The van der Waals surface area contributed by atoms with Gasteiger partial charge in [-0.1, -0.05) is 36.4 Å². The number of carbonyl (C=O) groups is 1. The van der Waals surface area contributed by atoms with E-state index in [0.29, 0.717) is 0 Å². The van der Waals surface area contributed by atoms with Crippen molar-refractivity contribution in [3.8, 4) is 0 Å². The molecule has 1 amide bonds. The fourth-order valence-corrected chi connectivity index (χ4v) is 4.57. The van der Waals surface area contributed by atoms with Crippen LogP contribution in [0.4, 0.5) is 11.4 Å². The number of aromatic nitrogens is 1. The van der Waals surface area contributed by atoms with E-state index >= 15 is 0 Å². The van der Waals surface area contributed by atoms with Gasteiger partial charge in [-0.25, -0.2) is 0 Å². The van der Waals surface area contributed by atoms with E-state index in [9.17, 15) is 4.79 Å². The van der Waals surface area contributed by atoms with Crippen molar-refractivity contribution in [1.82, 2.24) is 4.98 Å². The van der Waals surface area contributed by atoms with Gasteiger partial charge in [-0.15, -0.1) is 0 Å². The molecule has 2 aliphatic rings. The zero-order valence-electron chi connectivity index (χ0n) is 15.3. The number of anilines is 2. The molecule has 0 bridgehead atoms. The first kappa shape index (κ1) is 16.3. The summed E-state index contributed by atoms with van der Waals surface area (Å²) in [5.41, 5.74) is 3.41. The summed E-state index contributed by atoms with van der Waals surface area (Å²) >= 11 is 0. The van der Waals surface area contributed by atoms with E-state index in [1.165, 1.54) is 11.1 Å². The number of para-hydroxylation sites is 2. The lowest BCUT2D eigenvalue weighted by atomic mass is 9.90. The third-order valence-electron chi connectivity index (χ3n) is 6.27. The maximum atomic E-state index is 12.6. The van der Waals surface area contributed by atoms with E-state index < -0.39 is 0 Å². The first-order valence-electron chi connectivity index (χ1n) is 9.70. The largest absolute Gasteiger partial charge is 0.371 e. The van der Waals surface area contributed by atoms with E-state index in [0.717, 1.165) is 43.6 Å². The lowest BCUT2D eigenvalue weighted by Crippen LogP contribution is -2.36. The minimum atomic E-state index is 0.161. The summed E-state index contributed by atoms with van der Waals surface area (Å²) in [6, 6.07) is 20.2. The van der Waals surface area contributed by atoms with Crippen molar-refractivity contribution in [2.75, 3.05) is 23.3 Å². The molecule has 2 aromatic carbocycles. The van der Waals surface area contributed by atoms with Crippen LogP contribution in [0, 0.1) is 11.3 Å². The number of hydrogen-bond acceptors (Lipinski definition) is 3. The smallest absolute Gasteiger partial charge is 0.228 e. The van der Waals surface area contributed by atoms with Crippen LogP contribution in [0.3, 0.4) is 0 Å². The van der Waals surface area contributed by atoms with Crippen molar-refractivity contribution >= 4 is 28.2 Å². The number of rotatable bonds is 3. The summed E-state index contributed by atoms with van der Waals surface area (Å²) in [7, 11) is 0. The van der Waals surface area contributed by atoms with E-state index in [-0.39, 0.29) is 17.2 Å². The predicted molar refractivity (Wildman–Crippen MR) is 109 cm³/mol. The van der Waals surface area contributed by atoms with E-state index in [1.807, 2.05) is 42.6 Å². The maximum absolute atomic E-state index is 12.6. The van der Waals surface area contributed by atoms with Gasteiger partial charge < -0.3 is 10.2 Å². The highest BCUT2D eigenvalue weighted by atomic mass is 16.2. The Balaban J connectivity index is 1.26. The van der Waals surface area contributed by atoms with Crippen molar-refractivity contribution in [1.29, 1.82) is 0 Å². The standard InChI is InChI=1S/C23H23N3O/c27-22(25-17-6-2-1-3-7-17)19-16-23(19)11-14-26(15-12-23)21-10-13-24-20-9-5-4-8-18(20)21/h1-10,13,19H,11-12,14-16H2,(H,25,27)/t19-/m1/s1. The van der Waals surface area contributed by atoms with Crippen molar-refractivity contribution in [2.24, 2.45) is 11.3 Å². The zero-order chi connectivity index (χ0) is 18.3. The van der Waals surface area contributed by atoms with Gasteiger partial charge in [0.05, 0.1) is 5.52 Å². The number of piperidine rings is 1. The third kappa shape index (κ3) is 2.95. The van der Waals surface area contributed by atoms with Gasteiger partial charge in [-0.05, 0) is 48.9 Å². The van der Waals surface area contributed by atoms with Gasteiger partial charge in [0.25, 0.3) is 0 Å². The number of nitrogens with one attached hydrogen (secondary N) is 1. The zero-order valence-corrected chi connectivity index (χ0v) is 15.3. The molecule has 0 unspecified atom stereocenters. The van der Waals surface area contributed by atoms with Crippen LogP contribution in [0.25, 0.3) is 10.9 Å². The van der Waals surface area contributed by atoms with Gasteiger partial charge >= 0.3 is 0 Å². The van der Waals surface area contributed by atoms with Crippen LogP contribution in [-0.2, 0) is 4.79 Å². The van der Waals surface area contributed by atoms with Crippen LogP contribution < -0.4 is 10.2 Å². The van der Waals surface area contributed by atoms with Crippen molar-refractivity contribution in [3.05, 3.63) is 66.9 Å². The second-order valence-corrected chi connectivity index (χ2v) is 7.81. The number of pyridine rings is 1. The van der Waals surface area contributed by atoms with Crippen molar-refractivity contribution in [3.63, 3.8) is 0 Å². The Bertz CT molecular complexity index is 972. The molecule has 1 aliphatic carbocycles. The summed E-state index contributed by atoms with van der Waals surface area (Å²) in [5, 5.41) is 4.29. The molecule has 2 heterocycles. The number of nitrogens with zero attached hydrogens (tertiary/aromatic N) is 2. The predicted octanol–water partition coefficient (Wildman–Crippen LogP) is 4.48. The van der Waals surface area contributed by atoms with Crippen LogP contribution in [0.1, 0.15) is 19.3 Å². The van der Waals surface area contributed by atoms with Crippen LogP contribution >= 0.6 is 0 Å². The highest BCUT2D eigenvalue weighted by Crippen LogP contribution is 2.60. The first-order chi connectivity index (χ1) is 13.3.